The molecule has 156 valence electrons. The van der Waals surface area contributed by atoms with Gasteiger partial charge in [-0.3, -0.25) is 23.9 Å². The highest BCUT2D eigenvalue weighted by molar-refractivity contribution is 8.26. The summed E-state index contributed by atoms with van der Waals surface area (Å²) >= 11 is 6.35. The number of rotatable bonds is 6. The first kappa shape index (κ1) is 22.2. The summed E-state index contributed by atoms with van der Waals surface area (Å²) in [5.41, 5.74) is -0.291. The number of aromatic nitrogens is 1. The van der Waals surface area contributed by atoms with Crippen LogP contribution in [0.15, 0.2) is 52.7 Å². The Balaban J connectivity index is 1.96. The van der Waals surface area contributed by atoms with E-state index in [0.717, 1.165) is 26.8 Å². The van der Waals surface area contributed by atoms with Gasteiger partial charge in [-0.15, -0.1) is 6.58 Å². The molecule has 0 aliphatic carbocycles. The molecule has 0 saturated carbocycles. The van der Waals surface area contributed by atoms with E-state index in [2.05, 4.69) is 6.58 Å². The standard InChI is InChI=1S/C22H17N3O4S2/c1-3-9-24-19(27)15(11-23)13(2)18(21(24)29)16(26)12-25-20(28)17(31-22(25)30)10-14-7-5-4-6-8-14/h3-8,10,29H,1,9,12H2,2H3/b17-10-. The topological polar surface area (TPSA) is 103 Å². The number of amides is 1. The quantitative estimate of drug-likeness (QED) is 0.312. The molecule has 0 spiro atoms. The Morgan fingerprint density at radius 1 is 1.32 bits per heavy atom. The molecule has 0 bridgehead atoms. The van der Waals surface area contributed by atoms with Gasteiger partial charge in [0.1, 0.15) is 16.0 Å². The first-order valence-electron chi connectivity index (χ1n) is 9.11. The Morgan fingerprint density at radius 3 is 2.61 bits per heavy atom. The molecule has 1 aromatic carbocycles. The number of Topliss-reactive ketones (excluding diaryl/α,β-unsaturated/α-hetero) is 1. The van der Waals surface area contributed by atoms with Crippen LogP contribution in [-0.4, -0.2) is 37.1 Å². The van der Waals surface area contributed by atoms with Gasteiger partial charge in [0, 0.05) is 6.54 Å². The molecule has 0 atom stereocenters. The number of carbonyl (C=O) groups is 2. The predicted molar refractivity (Wildman–Crippen MR) is 123 cm³/mol. The third-order valence-corrected chi connectivity index (χ3v) is 6.04. The number of nitrogens with zero attached hydrogens (tertiary/aromatic N) is 3. The maximum Gasteiger partial charge on any atom is 0.271 e. The highest BCUT2D eigenvalue weighted by Crippen LogP contribution is 2.33. The van der Waals surface area contributed by atoms with Crippen LogP contribution < -0.4 is 5.56 Å². The van der Waals surface area contributed by atoms with Gasteiger partial charge in [0.05, 0.1) is 17.0 Å². The maximum absolute atomic E-state index is 13.0. The van der Waals surface area contributed by atoms with Crippen molar-refractivity contribution in [3.63, 3.8) is 0 Å². The number of thiocarbonyl (C=S) groups is 1. The maximum atomic E-state index is 13.0. The average Bonchev–Trinajstić information content (AvgIpc) is 2.99. The van der Waals surface area contributed by atoms with E-state index in [0.29, 0.717) is 4.91 Å². The van der Waals surface area contributed by atoms with Gasteiger partial charge in [-0.1, -0.05) is 60.4 Å². The number of pyridine rings is 1. The molecule has 9 heteroatoms. The molecule has 1 aromatic heterocycles. The summed E-state index contributed by atoms with van der Waals surface area (Å²) in [7, 11) is 0. The van der Waals surface area contributed by atoms with Crippen molar-refractivity contribution in [3.05, 3.63) is 80.5 Å². The first-order valence-corrected chi connectivity index (χ1v) is 10.3. The van der Waals surface area contributed by atoms with Crippen molar-refractivity contribution in [2.45, 2.75) is 13.5 Å². The number of ketones is 1. The zero-order chi connectivity index (χ0) is 22.7. The minimum Gasteiger partial charge on any atom is -0.494 e. The van der Waals surface area contributed by atoms with Crippen LogP contribution in [0.3, 0.4) is 0 Å². The van der Waals surface area contributed by atoms with Gasteiger partial charge >= 0.3 is 0 Å². The van der Waals surface area contributed by atoms with Gasteiger partial charge in [0.2, 0.25) is 5.88 Å². The van der Waals surface area contributed by atoms with Crippen LogP contribution >= 0.6 is 24.0 Å². The zero-order valence-corrected chi connectivity index (χ0v) is 18.1. The highest BCUT2D eigenvalue weighted by Gasteiger charge is 2.35. The first-order chi connectivity index (χ1) is 14.8. The lowest BCUT2D eigenvalue weighted by Gasteiger charge is -2.17. The van der Waals surface area contributed by atoms with Crippen LogP contribution in [0.2, 0.25) is 0 Å². The molecule has 7 nitrogen and oxygen atoms in total. The van der Waals surface area contributed by atoms with Crippen molar-refractivity contribution in [1.82, 2.24) is 9.47 Å². The number of hydrogen-bond acceptors (Lipinski definition) is 7. The van der Waals surface area contributed by atoms with Crippen LogP contribution in [0, 0.1) is 18.3 Å². The number of allylic oxidation sites excluding steroid dienone is 1. The summed E-state index contributed by atoms with van der Waals surface area (Å²) in [6, 6.07) is 11.0. The minimum atomic E-state index is -0.717. The molecule has 1 aliphatic heterocycles. The molecular formula is C22H17N3O4S2. The average molecular weight is 452 g/mol. The van der Waals surface area contributed by atoms with E-state index in [1.165, 1.54) is 13.0 Å². The molecule has 3 rings (SSSR count). The van der Waals surface area contributed by atoms with E-state index < -0.39 is 29.7 Å². The molecule has 1 saturated heterocycles. The smallest absolute Gasteiger partial charge is 0.271 e. The summed E-state index contributed by atoms with van der Waals surface area (Å²) in [4.78, 5) is 39.8. The summed E-state index contributed by atoms with van der Waals surface area (Å²) in [6.45, 7) is 4.42. The second-order valence-electron chi connectivity index (χ2n) is 6.62. The summed E-state index contributed by atoms with van der Waals surface area (Å²) in [5.74, 6) is -1.64. The third-order valence-electron chi connectivity index (χ3n) is 4.66. The Bertz CT molecular complexity index is 1240. The van der Waals surface area contributed by atoms with Crippen molar-refractivity contribution in [2.24, 2.45) is 0 Å². The monoisotopic (exact) mass is 451 g/mol. The number of carbonyl (C=O) groups excluding carboxylic acids is 2. The van der Waals surface area contributed by atoms with Crippen LogP contribution in [0.5, 0.6) is 5.88 Å². The lowest BCUT2D eigenvalue weighted by molar-refractivity contribution is -0.121. The molecule has 2 aromatic rings. The second-order valence-corrected chi connectivity index (χ2v) is 8.29. The number of nitriles is 1. The van der Waals surface area contributed by atoms with Crippen LogP contribution in [0.4, 0.5) is 0 Å². The lowest BCUT2D eigenvalue weighted by atomic mass is 10.0. The summed E-state index contributed by atoms with van der Waals surface area (Å²) < 4.78 is 1.10. The predicted octanol–water partition coefficient (Wildman–Crippen LogP) is 3.00. The molecule has 1 fully saturated rings. The SMILES string of the molecule is C=CCn1c(O)c(C(=O)CN2C(=O)/C(=C/c3ccccc3)SC2=S)c(C)c(C#N)c1=O. The Kier molecular flexibility index (Phi) is 6.53. The lowest BCUT2D eigenvalue weighted by Crippen LogP contribution is -2.35. The Morgan fingerprint density at radius 2 is 2.00 bits per heavy atom. The number of benzene rings is 1. The van der Waals surface area contributed by atoms with Gasteiger partial charge in [0.25, 0.3) is 11.5 Å². The Hall–Kier alpha value is -3.48. The molecule has 1 aliphatic rings. The summed E-state index contributed by atoms with van der Waals surface area (Å²) in [6.07, 6.45) is 3.05. The van der Waals surface area contributed by atoms with E-state index in [4.69, 9.17) is 12.2 Å². The van der Waals surface area contributed by atoms with Crippen molar-refractivity contribution >= 4 is 46.1 Å². The molecule has 2 heterocycles. The fraction of sp³-hybridized carbons (Fsp3) is 0.136. The van der Waals surface area contributed by atoms with E-state index >= 15 is 0 Å². The van der Waals surface area contributed by atoms with Crippen molar-refractivity contribution in [2.75, 3.05) is 6.54 Å². The van der Waals surface area contributed by atoms with Crippen molar-refractivity contribution in [1.29, 1.82) is 5.26 Å². The van der Waals surface area contributed by atoms with Gasteiger partial charge in [-0.2, -0.15) is 5.26 Å². The number of thioether (sulfide) groups is 1. The van der Waals surface area contributed by atoms with Crippen molar-refractivity contribution < 1.29 is 14.7 Å². The minimum absolute atomic E-state index is 0.0561. The molecule has 1 N–H and O–H groups in total. The van der Waals surface area contributed by atoms with Gasteiger partial charge in [-0.05, 0) is 24.1 Å². The van der Waals surface area contributed by atoms with E-state index in [1.54, 1.807) is 12.1 Å². The summed E-state index contributed by atoms with van der Waals surface area (Å²) in [5, 5.41) is 19.9. The highest BCUT2D eigenvalue weighted by atomic mass is 32.2. The van der Waals surface area contributed by atoms with Crippen LogP contribution in [0.25, 0.3) is 6.08 Å². The molecule has 0 radical (unpaired) electrons. The normalized spacial score (nSPS) is 14.7. The van der Waals surface area contributed by atoms with E-state index in [-0.39, 0.29) is 27.6 Å². The molecule has 1 amide bonds. The van der Waals surface area contributed by atoms with Crippen molar-refractivity contribution in [3.8, 4) is 11.9 Å². The Labute approximate surface area is 187 Å². The second kappa shape index (κ2) is 9.12. The van der Waals surface area contributed by atoms with Crippen LogP contribution in [0.1, 0.15) is 27.0 Å². The zero-order valence-electron chi connectivity index (χ0n) is 16.5. The van der Waals surface area contributed by atoms with Gasteiger partial charge < -0.3 is 5.11 Å². The molecule has 0 unspecified atom stereocenters. The number of hydrogen-bond donors (Lipinski definition) is 1. The van der Waals surface area contributed by atoms with Crippen LogP contribution in [-0.2, 0) is 11.3 Å². The van der Waals surface area contributed by atoms with E-state index in [9.17, 15) is 24.8 Å². The van der Waals surface area contributed by atoms with Gasteiger partial charge in [0.15, 0.2) is 5.78 Å². The molecular weight excluding hydrogens is 434 g/mol. The fourth-order valence-corrected chi connectivity index (χ4v) is 4.40. The fourth-order valence-electron chi connectivity index (χ4n) is 3.14. The molecule has 31 heavy (non-hydrogen) atoms. The number of aromatic hydroxyl groups is 1. The largest absolute Gasteiger partial charge is 0.494 e. The van der Waals surface area contributed by atoms with E-state index in [1.807, 2.05) is 30.3 Å². The third kappa shape index (κ3) is 4.21. The van der Waals surface area contributed by atoms with Gasteiger partial charge in [-0.25, -0.2) is 0 Å².